The smallest absolute Gasteiger partial charge is 0.291 e. The molecule has 0 aromatic carbocycles. The van der Waals surface area contributed by atoms with E-state index < -0.39 is 11.5 Å². The predicted molar refractivity (Wildman–Crippen MR) is 83.2 cm³/mol. The number of thioether (sulfide) groups is 1. The summed E-state index contributed by atoms with van der Waals surface area (Å²) >= 11 is 4.23. The monoisotopic (exact) mass is 368 g/mol. The molecule has 2 heterocycles. The summed E-state index contributed by atoms with van der Waals surface area (Å²) < 4.78 is 5.48. The molecule has 21 heavy (non-hydrogen) atoms. The van der Waals surface area contributed by atoms with Gasteiger partial charge in [0, 0.05) is 0 Å². The third kappa shape index (κ3) is 3.68. The van der Waals surface area contributed by atoms with E-state index in [4.69, 9.17) is 16.6 Å². The molecule has 1 amide bonds. The number of carbonyl (C=O) groups is 1. The fourth-order valence-electron chi connectivity index (χ4n) is 1.38. The van der Waals surface area contributed by atoms with Crippen LogP contribution in [0.15, 0.2) is 31.2 Å². The van der Waals surface area contributed by atoms with Crippen molar-refractivity contribution in [1.29, 1.82) is 0 Å². The largest absolute Gasteiger partial charge is 0.444 e. The van der Waals surface area contributed by atoms with Crippen molar-refractivity contribution >= 4 is 45.1 Å². The summed E-state index contributed by atoms with van der Waals surface area (Å²) in [4.78, 5) is 30.2. The number of carbonyl (C=O) groups excluding carboxylic acids is 1. The Morgan fingerprint density at radius 3 is 2.95 bits per heavy atom. The van der Waals surface area contributed by atoms with Crippen molar-refractivity contribution in [3.8, 4) is 12.3 Å². The molecule has 4 N–H and O–H groups in total. The number of hydrogen-bond acceptors (Lipinski definition) is 6. The van der Waals surface area contributed by atoms with Crippen LogP contribution in [0.2, 0.25) is 0 Å². The van der Waals surface area contributed by atoms with Gasteiger partial charge in [-0.05, 0) is 28.1 Å². The molecule has 9 heteroatoms. The quantitative estimate of drug-likeness (QED) is 0.429. The number of nitrogens with one attached hydrogen (secondary N) is 2. The zero-order chi connectivity index (χ0) is 15.4. The molecular formula is C12H9BrN4O3S. The van der Waals surface area contributed by atoms with E-state index in [1.165, 1.54) is 6.07 Å². The lowest BCUT2D eigenvalue weighted by atomic mass is 10.4. The van der Waals surface area contributed by atoms with Crippen molar-refractivity contribution in [1.82, 2.24) is 9.97 Å². The standard InChI is InChI=1S/C12H9BrN4O3S/c1-2-5-21-12-16-9(14)8(11(19)17-12)15-10(18)6-3-4-7(13)20-6/h1,3-4H,5H2,(H,15,18)(H3,14,16,17,19). The lowest BCUT2D eigenvalue weighted by molar-refractivity contribution is 0.0995. The highest BCUT2D eigenvalue weighted by Crippen LogP contribution is 2.18. The first kappa shape index (κ1) is 15.2. The second kappa shape index (κ2) is 6.51. The van der Waals surface area contributed by atoms with Crippen LogP contribution >= 0.6 is 27.7 Å². The van der Waals surface area contributed by atoms with E-state index in [9.17, 15) is 9.59 Å². The Bertz CT molecular complexity index is 778. The highest BCUT2D eigenvalue weighted by Gasteiger charge is 2.16. The van der Waals surface area contributed by atoms with Crippen molar-refractivity contribution in [3.63, 3.8) is 0 Å². The van der Waals surface area contributed by atoms with Crippen LogP contribution in [-0.4, -0.2) is 21.6 Å². The van der Waals surface area contributed by atoms with E-state index in [2.05, 4.69) is 37.1 Å². The van der Waals surface area contributed by atoms with E-state index in [0.717, 1.165) is 11.8 Å². The van der Waals surface area contributed by atoms with Gasteiger partial charge in [0.05, 0.1) is 5.75 Å². The van der Waals surface area contributed by atoms with Crippen molar-refractivity contribution < 1.29 is 9.21 Å². The van der Waals surface area contributed by atoms with Gasteiger partial charge >= 0.3 is 0 Å². The molecule has 0 saturated carbocycles. The number of halogens is 1. The first-order valence-electron chi connectivity index (χ1n) is 5.54. The summed E-state index contributed by atoms with van der Waals surface area (Å²) in [5, 5.41) is 2.64. The second-order valence-corrected chi connectivity index (χ2v) is 5.43. The van der Waals surface area contributed by atoms with Gasteiger partial charge in [-0.25, -0.2) is 4.98 Å². The number of furan rings is 1. The molecule has 0 atom stereocenters. The molecule has 0 radical (unpaired) electrons. The molecule has 0 fully saturated rings. The van der Waals surface area contributed by atoms with Gasteiger partial charge in [-0.1, -0.05) is 17.7 Å². The van der Waals surface area contributed by atoms with Crippen LogP contribution in [0.5, 0.6) is 0 Å². The van der Waals surface area contributed by atoms with Crippen LogP contribution < -0.4 is 16.6 Å². The van der Waals surface area contributed by atoms with Gasteiger partial charge in [-0.3, -0.25) is 14.6 Å². The van der Waals surface area contributed by atoms with E-state index >= 15 is 0 Å². The Balaban J connectivity index is 2.23. The predicted octanol–water partition coefficient (Wildman–Crippen LogP) is 1.69. The minimum atomic E-state index is -0.608. The lowest BCUT2D eigenvalue weighted by Gasteiger charge is -2.06. The third-order valence-electron chi connectivity index (χ3n) is 2.25. The molecule has 0 saturated heterocycles. The van der Waals surface area contributed by atoms with Gasteiger partial charge in [-0.15, -0.1) is 6.42 Å². The van der Waals surface area contributed by atoms with Crippen LogP contribution in [-0.2, 0) is 0 Å². The first-order valence-corrected chi connectivity index (χ1v) is 7.32. The van der Waals surface area contributed by atoms with Crippen molar-refractivity contribution in [2.75, 3.05) is 16.8 Å². The second-order valence-electron chi connectivity index (χ2n) is 3.68. The highest BCUT2D eigenvalue weighted by molar-refractivity contribution is 9.10. The molecule has 0 aliphatic heterocycles. The summed E-state index contributed by atoms with van der Waals surface area (Å²) in [5.41, 5.74) is 4.97. The average Bonchev–Trinajstić information content (AvgIpc) is 2.87. The van der Waals surface area contributed by atoms with Gasteiger partial charge in [0.1, 0.15) is 0 Å². The lowest BCUT2D eigenvalue weighted by Crippen LogP contribution is -2.22. The molecule has 2 aromatic rings. The van der Waals surface area contributed by atoms with E-state index in [1.54, 1.807) is 6.07 Å². The summed E-state index contributed by atoms with van der Waals surface area (Å²) in [5.74, 6) is 2.07. The molecule has 2 rings (SSSR count). The number of terminal acetylenes is 1. The van der Waals surface area contributed by atoms with Crippen molar-refractivity contribution in [3.05, 3.63) is 32.9 Å². The Hall–Kier alpha value is -2.18. The molecular weight excluding hydrogens is 360 g/mol. The maximum absolute atomic E-state index is 11.9. The SMILES string of the molecule is C#CCSc1nc(N)c(NC(=O)c2ccc(Br)o2)c(=O)[nH]1. The van der Waals surface area contributed by atoms with Gasteiger partial charge in [-0.2, -0.15) is 0 Å². The highest BCUT2D eigenvalue weighted by atomic mass is 79.9. The third-order valence-corrected chi connectivity index (χ3v) is 3.46. The summed E-state index contributed by atoms with van der Waals surface area (Å²) in [6.07, 6.45) is 5.12. The van der Waals surface area contributed by atoms with Crippen molar-refractivity contribution in [2.45, 2.75) is 5.16 Å². The van der Waals surface area contributed by atoms with Crippen LogP contribution in [0.3, 0.4) is 0 Å². The minimum absolute atomic E-state index is 0.0338. The van der Waals surface area contributed by atoms with E-state index in [0.29, 0.717) is 10.4 Å². The maximum atomic E-state index is 11.9. The maximum Gasteiger partial charge on any atom is 0.291 e. The number of nitrogens with zero attached hydrogens (tertiary/aromatic N) is 1. The summed E-state index contributed by atoms with van der Waals surface area (Å²) in [6, 6.07) is 3.01. The van der Waals surface area contributed by atoms with Gasteiger partial charge in [0.15, 0.2) is 27.1 Å². The molecule has 0 aliphatic carbocycles. The molecule has 0 spiro atoms. The topological polar surface area (TPSA) is 114 Å². The number of aromatic nitrogens is 2. The summed E-state index contributed by atoms with van der Waals surface area (Å²) in [6.45, 7) is 0. The Labute approximate surface area is 131 Å². The van der Waals surface area contributed by atoms with Crippen LogP contribution in [0.4, 0.5) is 11.5 Å². The molecule has 0 unspecified atom stereocenters. The number of amides is 1. The molecule has 2 aromatic heterocycles. The van der Waals surface area contributed by atoms with Gasteiger partial charge in [0.2, 0.25) is 0 Å². The zero-order valence-electron chi connectivity index (χ0n) is 10.5. The van der Waals surface area contributed by atoms with E-state index in [-0.39, 0.29) is 22.4 Å². The molecule has 7 nitrogen and oxygen atoms in total. The van der Waals surface area contributed by atoms with Crippen LogP contribution in [0, 0.1) is 12.3 Å². The number of nitrogens with two attached hydrogens (primary N) is 1. The number of nitrogen functional groups attached to an aromatic ring is 1. The normalized spacial score (nSPS) is 10.1. The molecule has 0 aliphatic rings. The number of anilines is 2. The average molecular weight is 369 g/mol. The minimum Gasteiger partial charge on any atom is -0.444 e. The van der Waals surface area contributed by atoms with Gasteiger partial charge < -0.3 is 15.5 Å². The van der Waals surface area contributed by atoms with Crippen molar-refractivity contribution in [2.24, 2.45) is 0 Å². The number of aromatic amines is 1. The zero-order valence-corrected chi connectivity index (χ0v) is 12.9. The Morgan fingerprint density at radius 2 is 2.38 bits per heavy atom. The number of rotatable bonds is 4. The first-order chi connectivity index (χ1) is 10.0. The fourth-order valence-corrected chi connectivity index (χ4v) is 2.23. The van der Waals surface area contributed by atoms with Gasteiger partial charge in [0.25, 0.3) is 11.5 Å². The van der Waals surface area contributed by atoms with E-state index in [1.807, 2.05) is 0 Å². The Morgan fingerprint density at radius 1 is 1.62 bits per heavy atom. The van der Waals surface area contributed by atoms with Crippen LogP contribution in [0.1, 0.15) is 10.6 Å². The number of hydrogen-bond donors (Lipinski definition) is 3. The summed E-state index contributed by atoms with van der Waals surface area (Å²) in [7, 11) is 0. The fraction of sp³-hybridized carbons (Fsp3) is 0.0833. The number of H-pyrrole nitrogens is 1. The molecule has 0 bridgehead atoms. The Kier molecular flexibility index (Phi) is 4.72. The van der Waals surface area contributed by atoms with Crippen LogP contribution in [0.25, 0.3) is 0 Å². The molecule has 108 valence electrons.